The summed E-state index contributed by atoms with van der Waals surface area (Å²) in [6.45, 7) is 1.72. The van der Waals surface area contributed by atoms with Gasteiger partial charge < -0.3 is 10.0 Å². The van der Waals surface area contributed by atoms with Gasteiger partial charge in [-0.25, -0.2) is 0 Å². The van der Waals surface area contributed by atoms with E-state index in [1.807, 2.05) is 16.7 Å². The third-order valence-corrected chi connectivity index (χ3v) is 6.02. The Balaban J connectivity index is 1.51. The SMILES string of the molecule is O=C(CC1CCSCC1)N1CC2CCC(O)C2C1. The van der Waals surface area contributed by atoms with Gasteiger partial charge in [0.15, 0.2) is 0 Å². The van der Waals surface area contributed by atoms with Gasteiger partial charge in [-0.15, -0.1) is 0 Å². The van der Waals surface area contributed by atoms with Crippen molar-refractivity contribution in [3.05, 3.63) is 0 Å². The number of hydrogen-bond donors (Lipinski definition) is 1. The van der Waals surface area contributed by atoms with E-state index in [4.69, 9.17) is 0 Å². The Bertz CT molecular complexity index is 317. The Morgan fingerprint density at radius 3 is 2.67 bits per heavy atom. The van der Waals surface area contributed by atoms with Crippen molar-refractivity contribution in [3.63, 3.8) is 0 Å². The highest BCUT2D eigenvalue weighted by Gasteiger charge is 2.43. The van der Waals surface area contributed by atoms with E-state index in [0.29, 0.717) is 23.7 Å². The summed E-state index contributed by atoms with van der Waals surface area (Å²) in [6, 6.07) is 0. The molecule has 0 bridgehead atoms. The van der Waals surface area contributed by atoms with Crippen molar-refractivity contribution in [2.45, 2.75) is 38.2 Å². The van der Waals surface area contributed by atoms with Crippen LogP contribution in [0.25, 0.3) is 0 Å². The van der Waals surface area contributed by atoms with Gasteiger partial charge in [0.05, 0.1) is 6.10 Å². The van der Waals surface area contributed by atoms with E-state index >= 15 is 0 Å². The molecule has 3 aliphatic rings. The highest BCUT2D eigenvalue weighted by Crippen LogP contribution is 2.38. The molecule has 3 fully saturated rings. The molecule has 2 saturated heterocycles. The molecule has 0 radical (unpaired) electrons. The summed E-state index contributed by atoms with van der Waals surface area (Å²) in [5, 5.41) is 9.88. The molecule has 3 nitrogen and oxygen atoms in total. The average Bonchev–Trinajstić information content (AvgIpc) is 2.93. The topological polar surface area (TPSA) is 40.5 Å². The van der Waals surface area contributed by atoms with Crippen LogP contribution in [0.5, 0.6) is 0 Å². The third kappa shape index (κ3) is 2.55. The van der Waals surface area contributed by atoms with E-state index in [0.717, 1.165) is 32.4 Å². The molecule has 2 aliphatic heterocycles. The second-order valence-electron chi connectivity index (χ2n) is 6.13. The van der Waals surface area contributed by atoms with E-state index in [1.165, 1.54) is 24.3 Å². The number of hydrogen-bond acceptors (Lipinski definition) is 3. The van der Waals surface area contributed by atoms with Gasteiger partial charge in [-0.05, 0) is 49.0 Å². The summed E-state index contributed by atoms with van der Waals surface area (Å²) < 4.78 is 0. The van der Waals surface area contributed by atoms with Crippen LogP contribution in [0.1, 0.15) is 32.1 Å². The first kappa shape index (κ1) is 12.8. The molecule has 1 N–H and O–H groups in total. The van der Waals surface area contributed by atoms with E-state index < -0.39 is 0 Å². The van der Waals surface area contributed by atoms with Crippen LogP contribution in [0.15, 0.2) is 0 Å². The van der Waals surface area contributed by atoms with Gasteiger partial charge in [0.2, 0.25) is 5.91 Å². The van der Waals surface area contributed by atoms with Crippen molar-refractivity contribution in [1.82, 2.24) is 4.90 Å². The fourth-order valence-corrected chi connectivity index (χ4v) is 4.97. The number of likely N-dealkylation sites (tertiary alicyclic amines) is 1. The average molecular weight is 269 g/mol. The van der Waals surface area contributed by atoms with Crippen molar-refractivity contribution in [2.24, 2.45) is 17.8 Å². The molecular formula is C14H23NO2S. The monoisotopic (exact) mass is 269 g/mol. The number of nitrogens with zero attached hydrogens (tertiary/aromatic N) is 1. The molecule has 1 aliphatic carbocycles. The summed E-state index contributed by atoms with van der Waals surface area (Å²) in [4.78, 5) is 14.3. The largest absolute Gasteiger partial charge is 0.393 e. The predicted molar refractivity (Wildman–Crippen MR) is 73.5 cm³/mol. The first-order valence-electron chi connectivity index (χ1n) is 7.27. The number of carbonyl (C=O) groups excluding carboxylic acids is 1. The Labute approximate surface area is 113 Å². The molecule has 3 atom stereocenters. The lowest BCUT2D eigenvalue weighted by molar-refractivity contribution is -0.131. The minimum atomic E-state index is -0.154. The van der Waals surface area contributed by atoms with Crippen LogP contribution in [-0.4, -0.2) is 46.6 Å². The Morgan fingerprint density at radius 1 is 1.17 bits per heavy atom. The minimum absolute atomic E-state index is 0.154. The maximum absolute atomic E-state index is 12.3. The zero-order valence-corrected chi connectivity index (χ0v) is 11.7. The maximum atomic E-state index is 12.3. The molecule has 4 heteroatoms. The fraction of sp³-hybridized carbons (Fsp3) is 0.929. The summed E-state index contributed by atoms with van der Waals surface area (Å²) in [5.74, 6) is 4.35. The minimum Gasteiger partial charge on any atom is -0.393 e. The number of rotatable bonds is 2. The second kappa shape index (κ2) is 5.41. The highest BCUT2D eigenvalue weighted by atomic mass is 32.2. The van der Waals surface area contributed by atoms with Crippen LogP contribution >= 0.6 is 11.8 Å². The summed E-state index contributed by atoms with van der Waals surface area (Å²) in [7, 11) is 0. The van der Waals surface area contributed by atoms with Crippen molar-refractivity contribution in [2.75, 3.05) is 24.6 Å². The molecule has 2 heterocycles. The molecule has 3 rings (SSSR count). The van der Waals surface area contributed by atoms with Gasteiger partial charge in [0, 0.05) is 25.4 Å². The van der Waals surface area contributed by atoms with Crippen LogP contribution in [0, 0.1) is 17.8 Å². The first-order chi connectivity index (χ1) is 8.74. The molecule has 1 amide bonds. The quantitative estimate of drug-likeness (QED) is 0.830. The third-order valence-electron chi connectivity index (χ3n) is 4.98. The van der Waals surface area contributed by atoms with Gasteiger partial charge in [-0.2, -0.15) is 11.8 Å². The molecule has 102 valence electrons. The second-order valence-corrected chi connectivity index (χ2v) is 7.35. The zero-order valence-electron chi connectivity index (χ0n) is 10.9. The number of thioether (sulfide) groups is 1. The van der Waals surface area contributed by atoms with E-state index in [2.05, 4.69) is 0 Å². The summed E-state index contributed by atoms with van der Waals surface area (Å²) in [6.07, 6.45) is 5.06. The van der Waals surface area contributed by atoms with Crippen molar-refractivity contribution in [3.8, 4) is 0 Å². The molecule has 1 saturated carbocycles. The van der Waals surface area contributed by atoms with Crippen molar-refractivity contribution < 1.29 is 9.90 Å². The molecule has 3 unspecified atom stereocenters. The maximum Gasteiger partial charge on any atom is 0.222 e. The number of fused-ring (bicyclic) bond motifs is 1. The Kier molecular flexibility index (Phi) is 3.85. The lowest BCUT2D eigenvalue weighted by Crippen LogP contribution is -2.32. The summed E-state index contributed by atoms with van der Waals surface area (Å²) >= 11 is 2.01. The molecule has 0 aromatic carbocycles. The van der Waals surface area contributed by atoms with Crippen LogP contribution in [0.4, 0.5) is 0 Å². The van der Waals surface area contributed by atoms with Gasteiger partial charge in [-0.3, -0.25) is 4.79 Å². The van der Waals surface area contributed by atoms with Crippen molar-refractivity contribution in [1.29, 1.82) is 0 Å². The number of carbonyl (C=O) groups is 1. The van der Waals surface area contributed by atoms with Crippen molar-refractivity contribution >= 4 is 17.7 Å². The lowest BCUT2D eigenvalue weighted by Gasteiger charge is -2.24. The fourth-order valence-electron chi connectivity index (χ4n) is 3.77. The first-order valence-corrected chi connectivity index (χ1v) is 8.43. The standard InChI is InChI=1S/C14H23NO2S/c16-13-2-1-11-8-15(9-12(11)13)14(17)7-10-3-5-18-6-4-10/h10-13,16H,1-9H2. The van der Waals surface area contributed by atoms with Gasteiger partial charge in [0.25, 0.3) is 0 Å². The highest BCUT2D eigenvalue weighted by molar-refractivity contribution is 7.99. The predicted octanol–water partition coefficient (Wildman–Crippen LogP) is 1.75. The molecular weight excluding hydrogens is 246 g/mol. The van der Waals surface area contributed by atoms with Gasteiger partial charge in [0.1, 0.15) is 0 Å². The number of aliphatic hydroxyl groups is 1. The zero-order chi connectivity index (χ0) is 12.5. The molecule has 0 aromatic rings. The number of aliphatic hydroxyl groups excluding tert-OH is 1. The van der Waals surface area contributed by atoms with E-state index in [9.17, 15) is 9.90 Å². The van der Waals surface area contributed by atoms with E-state index in [-0.39, 0.29) is 6.10 Å². The lowest BCUT2D eigenvalue weighted by atomic mass is 9.98. The molecule has 18 heavy (non-hydrogen) atoms. The summed E-state index contributed by atoms with van der Waals surface area (Å²) in [5.41, 5.74) is 0. The van der Waals surface area contributed by atoms with Crippen LogP contribution in [-0.2, 0) is 4.79 Å². The smallest absolute Gasteiger partial charge is 0.222 e. The van der Waals surface area contributed by atoms with Crippen LogP contribution in [0.3, 0.4) is 0 Å². The Hall–Kier alpha value is -0.220. The van der Waals surface area contributed by atoms with E-state index in [1.54, 1.807) is 0 Å². The molecule has 0 aromatic heterocycles. The van der Waals surface area contributed by atoms with Crippen LogP contribution in [0.2, 0.25) is 0 Å². The van der Waals surface area contributed by atoms with Gasteiger partial charge in [-0.1, -0.05) is 0 Å². The van der Waals surface area contributed by atoms with Crippen LogP contribution < -0.4 is 0 Å². The normalized spacial score (nSPS) is 36.9. The van der Waals surface area contributed by atoms with Gasteiger partial charge >= 0.3 is 0 Å². The number of amides is 1. The molecule has 0 spiro atoms. The Morgan fingerprint density at radius 2 is 1.94 bits per heavy atom.